The summed E-state index contributed by atoms with van der Waals surface area (Å²) in [5, 5.41) is 8.35. The highest BCUT2D eigenvalue weighted by Crippen LogP contribution is 2.58. The second-order valence-corrected chi connectivity index (χ2v) is 7.49. The van der Waals surface area contributed by atoms with Gasteiger partial charge >= 0.3 is 6.09 Å². The van der Waals surface area contributed by atoms with Crippen molar-refractivity contribution in [2.45, 2.75) is 51.0 Å². The van der Waals surface area contributed by atoms with E-state index < -0.39 is 5.60 Å². The number of carbonyl (C=O) groups excluding carboxylic acids is 1. The maximum absolute atomic E-state index is 12.0. The van der Waals surface area contributed by atoms with E-state index in [0.29, 0.717) is 23.7 Å². The van der Waals surface area contributed by atoms with Crippen molar-refractivity contribution in [3.8, 4) is 0 Å². The molecule has 21 heavy (non-hydrogen) atoms. The lowest BCUT2D eigenvalue weighted by molar-refractivity contribution is 0.0269. The van der Waals surface area contributed by atoms with Crippen LogP contribution in [0.4, 0.5) is 4.79 Å². The van der Waals surface area contributed by atoms with Gasteiger partial charge in [0.2, 0.25) is 11.8 Å². The average molecular weight is 291 g/mol. The highest BCUT2D eigenvalue weighted by Gasteiger charge is 2.60. The number of carbonyl (C=O) groups is 1. The first kappa shape index (κ1) is 13.1. The summed E-state index contributed by atoms with van der Waals surface area (Å²) in [5.41, 5.74) is -0.436. The van der Waals surface area contributed by atoms with Gasteiger partial charge in [0.1, 0.15) is 5.60 Å². The van der Waals surface area contributed by atoms with Gasteiger partial charge < -0.3 is 14.1 Å². The summed E-state index contributed by atoms with van der Waals surface area (Å²) in [6.45, 7) is 7.16. The SMILES string of the molecule is CC(C)(C)OC(=O)N1C[C@@H]2C(c3nnc(C4CC4)o3)[C@@H]2C1. The van der Waals surface area contributed by atoms with Crippen LogP contribution in [0.15, 0.2) is 4.42 Å². The largest absolute Gasteiger partial charge is 0.444 e. The van der Waals surface area contributed by atoms with E-state index in [9.17, 15) is 4.79 Å². The summed E-state index contributed by atoms with van der Waals surface area (Å²) >= 11 is 0. The minimum atomic E-state index is -0.436. The van der Waals surface area contributed by atoms with Gasteiger partial charge in [0, 0.05) is 24.9 Å². The molecule has 1 aromatic heterocycles. The molecule has 6 nitrogen and oxygen atoms in total. The third-order valence-corrected chi connectivity index (χ3v) is 4.51. The predicted molar refractivity (Wildman–Crippen MR) is 73.8 cm³/mol. The van der Waals surface area contributed by atoms with Crippen molar-refractivity contribution in [1.29, 1.82) is 0 Å². The number of ether oxygens (including phenoxy) is 1. The van der Waals surface area contributed by atoms with Crippen LogP contribution >= 0.6 is 0 Å². The van der Waals surface area contributed by atoms with E-state index in [0.717, 1.165) is 24.9 Å². The van der Waals surface area contributed by atoms with Gasteiger partial charge in [0.15, 0.2) is 0 Å². The monoisotopic (exact) mass is 291 g/mol. The zero-order valence-electron chi connectivity index (χ0n) is 12.7. The molecule has 3 atom stereocenters. The fourth-order valence-corrected chi connectivity index (χ4v) is 3.24. The Morgan fingerprint density at radius 1 is 1.19 bits per heavy atom. The van der Waals surface area contributed by atoms with Gasteiger partial charge in [-0.2, -0.15) is 0 Å². The number of aromatic nitrogens is 2. The quantitative estimate of drug-likeness (QED) is 0.837. The van der Waals surface area contributed by atoms with Crippen LogP contribution in [-0.4, -0.2) is 39.9 Å². The molecule has 0 bridgehead atoms. The van der Waals surface area contributed by atoms with Gasteiger partial charge in [-0.1, -0.05) is 0 Å². The Labute approximate surface area is 123 Å². The first-order chi connectivity index (χ1) is 9.92. The number of nitrogens with zero attached hydrogens (tertiary/aromatic N) is 3. The van der Waals surface area contributed by atoms with Crippen LogP contribution in [0.3, 0.4) is 0 Å². The Morgan fingerprint density at radius 2 is 1.81 bits per heavy atom. The van der Waals surface area contributed by atoms with E-state index in [1.165, 1.54) is 12.8 Å². The third kappa shape index (κ3) is 2.40. The number of amides is 1. The summed E-state index contributed by atoms with van der Waals surface area (Å²) in [4.78, 5) is 13.8. The Balaban J connectivity index is 1.35. The van der Waals surface area contributed by atoms with E-state index >= 15 is 0 Å². The summed E-state index contributed by atoms with van der Waals surface area (Å²) < 4.78 is 11.2. The normalized spacial score (nSPS) is 31.2. The minimum Gasteiger partial charge on any atom is -0.444 e. The van der Waals surface area contributed by atoms with Crippen molar-refractivity contribution in [2.75, 3.05) is 13.1 Å². The molecular weight excluding hydrogens is 270 g/mol. The van der Waals surface area contributed by atoms with Crippen LogP contribution in [0, 0.1) is 11.8 Å². The molecular formula is C15H21N3O3. The third-order valence-electron chi connectivity index (χ3n) is 4.51. The molecule has 1 saturated heterocycles. The second kappa shape index (κ2) is 4.21. The van der Waals surface area contributed by atoms with Crippen molar-refractivity contribution in [2.24, 2.45) is 11.8 Å². The Kier molecular flexibility index (Phi) is 2.63. The summed E-state index contributed by atoms with van der Waals surface area (Å²) in [5.74, 6) is 3.36. The van der Waals surface area contributed by atoms with Crippen molar-refractivity contribution >= 4 is 6.09 Å². The van der Waals surface area contributed by atoms with Gasteiger partial charge in [0.05, 0.1) is 0 Å². The summed E-state index contributed by atoms with van der Waals surface area (Å²) in [7, 11) is 0. The highest BCUT2D eigenvalue weighted by atomic mass is 16.6. The van der Waals surface area contributed by atoms with Crippen LogP contribution in [0.1, 0.15) is 57.2 Å². The molecule has 1 amide bonds. The zero-order chi connectivity index (χ0) is 14.8. The van der Waals surface area contributed by atoms with E-state index in [1.807, 2.05) is 20.8 Å². The number of piperidine rings is 1. The molecule has 3 fully saturated rings. The van der Waals surface area contributed by atoms with Crippen molar-refractivity contribution in [1.82, 2.24) is 15.1 Å². The highest BCUT2D eigenvalue weighted by molar-refractivity contribution is 5.69. The van der Waals surface area contributed by atoms with Crippen LogP contribution in [0.2, 0.25) is 0 Å². The maximum Gasteiger partial charge on any atom is 0.410 e. The second-order valence-electron chi connectivity index (χ2n) is 7.49. The molecule has 1 unspecified atom stereocenters. The Bertz CT molecular complexity index is 561. The first-order valence-electron chi connectivity index (χ1n) is 7.73. The molecule has 2 heterocycles. The molecule has 0 aromatic carbocycles. The minimum absolute atomic E-state index is 0.211. The van der Waals surface area contributed by atoms with Crippen molar-refractivity contribution in [3.63, 3.8) is 0 Å². The zero-order valence-corrected chi connectivity index (χ0v) is 12.7. The average Bonchev–Trinajstić information content (AvgIpc) is 3.25. The lowest BCUT2D eigenvalue weighted by Crippen LogP contribution is -2.36. The van der Waals surface area contributed by atoms with E-state index in [2.05, 4.69) is 10.2 Å². The molecule has 4 rings (SSSR count). The number of hydrogen-bond donors (Lipinski definition) is 0. The predicted octanol–water partition coefficient (Wildman–Crippen LogP) is 2.53. The smallest absolute Gasteiger partial charge is 0.410 e. The topological polar surface area (TPSA) is 68.5 Å². The van der Waals surface area contributed by atoms with Gasteiger partial charge in [-0.05, 0) is 45.4 Å². The lowest BCUT2D eigenvalue weighted by Gasteiger charge is -2.25. The molecule has 6 heteroatoms. The summed E-state index contributed by atoms with van der Waals surface area (Å²) in [6, 6.07) is 0. The van der Waals surface area contributed by atoms with Crippen LogP contribution in [-0.2, 0) is 4.74 Å². The molecule has 3 aliphatic rings. The van der Waals surface area contributed by atoms with Gasteiger partial charge in [0.25, 0.3) is 0 Å². The number of hydrogen-bond acceptors (Lipinski definition) is 5. The standard InChI is InChI=1S/C15H21N3O3/c1-15(2,3)21-14(19)18-6-9-10(7-18)11(9)13-17-16-12(20-13)8-4-5-8/h8-11H,4-7H2,1-3H3/t9-,10+,11?. The Morgan fingerprint density at radius 3 is 2.38 bits per heavy atom. The molecule has 114 valence electrons. The van der Waals surface area contributed by atoms with E-state index in [4.69, 9.17) is 9.15 Å². The number of fused-ring (bicyclic) bond motifs is 1. The van der Waals surface area contributed by atoms with Gasteiger partial charge in [-0.3, -0.25) is 0 Å². The molecule has 0 radical (unpaired) electrons. The van der Waals surface area contributed by atoms with Gasteiger partial charge in [-0.15, -0.1) is 10.2 Å². The fourth-order valence-electron chi connectivity index (χ4n) is 3.24. The molecule has 2 aliphatic carbocycles. The van der Waals surface area contributed by atoms with Gasteiger partial charge in [-0.25, -0.2) is 4.79 Å². The molecule has 1 aromatic rings. The molecule has 1 aliphatic heterocycles. The van der Waals surface area contributed by atoms with Crippen LogP contribution in [0.5, 0.6) is 0 Å². The maximum atomic E-state index is 12.0. The fraction of sp³-hybridized carbons (Fsp3) is 0.800. The van der Waals surface area contributed by atoms with Crippen molar-refractivity contribution in [3.05, 3.63) is 11.8 Å². The molecule has 2 saturated carbocycles. The van der Waals surface area contributed by atoms with Crippen LogP contribution in [0.25, 0.3) is 0 Å². The van der Waals surface area contributed by atoms with Crippen molar-refractivity contribution < 1.29 is 13.9 Å². The van der Waals surface area contributed by atoms with E-state index in [-0.39, 0.29) is 6.09 Å². The molecule has 0 spiro atoms. The number of likely N-dealkylation sites (tertiary alicyclic amines) is 1. The van der Waals surface area contributed by atoms with E-state index in [1.54, 1.807) is 4.90 Å². The summed E-state index contributed by atoms with van der Waals surface area (Å²) in [6.07, 6.45) is 2.13. The number of rotatable bonds is 2. The first-order valence-corrected chi connectivity index (χ1v) is 7.73. The van der Waals surface area contributed by atoms with Crippen LogP contribution < -0.4 is 0 Å². The Hall–Kier alpha value is -1.59. The molecule has 0 N–H and O–H groups in total. The lowest BCUT2D eigenvalue weighted by atomic mass is 10.2.